The van der Waals surface area contributed by atoms with Crippen LogP contribution in [-0.4, -0.2) is 12.5 Å². The van der Waals surface area contributed by atoms with Gasteiger partial charge in [-0.15, -0.1) is 0 Å². The van der Waals surface area contributed by atoms with Crippen LogP contribution in [-0.2, 0) is 4.79 Å². The minimum absolute atomic E-state index is 0.00455. The van der Waals surface area contributed by atoms with Crippen LogP contribution in [0.1, 0.15) is 5.56 Å². The summed E-state index contributed by atoms with van der Waals surface area (Å²) in [6.07, 6.45) is 1.37. The predicted octanol–water partition coefficient (Wildman–Crippen LogP) is 4.04. The topological polar surface area (TPSA) is 85.9 Å². The van der Waals surface area contributed by atoms with Crippen molar-refractivity contribution in [3.05, 3.63) is 63.9 Å². The van der Waals surface area contributed by atoms with Crippen LogP contribution in [0.4, 0.5) is 10.1 Å². The van der Waals surface area contributed by atoms with Crippen LogP contribution in [0.2, 0.25) is 0 Å². The minimum atomic E-state index is -0.714. The quantitative estimate of drug-likeness (QED) is 0.607. The van der Waals surface area contributed by atoms with E-state index >= 15 is 0 Å². The summed E-state index contributed by atoms with van der Waals surface area (Å²) in [5.74, 6) is -0.837. The van der Waals surface area contributed by atoms with E-state index in [0.717, 1.165) is 0 Å². The molecular weight excluding hydrogens is 389 g/mol. The molecule has 0 unspecified atom stereocenters. The molecule has 0 spiro atoms. The lowest BCUT2D eigenvalue weighted by Gasteiger charge is -2.07. The third-order valence-electron chi connectivity index (χ3n) is 3.05. The van der Waals surface area contributed by atoms with Crippen LogP contribution >= 0.6 is 15.9 Å². The van der Waals surface area contributed by atoms with E-state index < -0.39 is 11.7 Å². The fourth-order valence-corrected chi connectivity index (χ4v) is 2.41. The van der Waals surface area contributed by atoms with Crippen molar-refractivity contribution in [1.29, 1.82) is 10.5 Å². The largest absolute Gasteiger partial charge is 0.478 e. The van der Waals surface area contributed by atoms with Gasteiger partial charge in [0.2, 0.25) is 0 Å². The summed E-state index contributed by atoms with van der Waals surface area (Å²) >= 11 is 3.29. The molecule has 1 N–H and O–H groups in total. The van der Waals surface area contributed by atoms with Crippen LogP contribution in [0.25, 0.3) is 6.08 Å². The minimum Gasteiger partial charge on any atom is -0.478 e. The Morgan fingerprint density at radius 2 is 2.04 bits per heavy atom. The van der Waals surface area contributed by atoms with E-state index in [2.05, 4.69) is 21.2 Å². The number of anilines is 1. The molecule has 0 aliphatic rings. The first-order chi connectivity index (χ1) is 12.0. The number of hydrogen-bond donors (Lipinski definition) is 1. The fraction of sp³-hybridized carbons (Fsp3) is 0.0556. The summed E-state index contributed by atoms with van der Waals surface area (Å²) in [6, 6.07) is 14.2. The molecule has 2 aromatic rings. The van der Waals surface area contributed by atoms with Gasteiger partial charge in [-0.3, -0.25) is 4.79 Å². The Bertz CT molecular complexity index is 913. The van der Waals surface area contributed by atoms with Crippen molar-refractivity contribution >= 4 is 33.6 Å². The lowest BCUT2D eigenvalue weighted by molar-refractivity contribution is -0.112. The molecule has 0 bridgehead atoms. The molecule has 0 saturated carbocycles. The van der Waals surface area contributed by atoms with Crippen LogP contribution in [0.5, 0.6) is 5.75 Å². The van der Waals surface area contributed by atoms with Crippen molar-refractivity contribution in [2.24, 2.45) is 0 Å². The van der Waals surface area contributed by atoms with E-state index in [1.807, 2.05) is 6.07 Å². The maximum Gasteiger partial charge on any atom is 0.266 e. The van der Waals surface area contributed by atoms with Gasteiger partial charge in [-0.1, -0.05) is 18.2 Å². The number of ether oxygens (including phenoxy) is 1. The van der Waals surface area contributed by atoms with Crippen LogP contribution in [0.15, 0.2) is 52.5 Å². The van der Waals surface area contributed by atoms with Gasteiger partial charge in [-0.05, 0) is 51.8 Å². The summed E-state index contributed by atoms with van der Waals surface area (Å²) in [4.78, 5) is 12.2. The average Bonchev–Trinajstić information content (AvgIpc) is 2.60. The summed E-state index contributed by atoms with van der Waals surface area (Å²) in [6.45, 7) is -0.0950. The number of rotatable bonds is 5. The van der Waals surface area contributed by atoms with E-state index in [4.69, 9.17) is 10.00 Å². The number of carbonyl (C=O) groups excluding carboxylic acids is 1. The van der Waals surface area contributed by atoms with E-state index in [1.54, 1.807) is 30.3 Å². The van der Waals surface area contributed by atoms with Crippen molar-refractivity contribution in [2.75, 3.05) is 11.9 Å². The second kappa shape index (κ2) is 8.62. The third-order valence-corrected chi connectivity index (χ3v) is 3.67. The third kappa shape index (κ3) is 4.90. The summed E-state index contributed by atoms with van der Waals surface area (Å²) in [5.41, 5.74) is 0.382. The second-order valence-corrected chi connectivity index (χ2v) is 5.59. The standard InChI is InChI=1S/C18H11BrFN3O2/c19-14-10-12(5-6-17(14)25-8-7-21)9-13(11-22)18(24)23-16-4-2-1-3-15(16)20/h1-6,9-10H,8H2,(H,23,24)/b13-9+. The Labute approximate surface area is 152 Å². The molecule has 0 heterocycles. The molecule has 7 heteroatoms. The van der Waals surface area contributed by atoms with Crippen molar-refractivity contribution in [3.8, 4) is 17.9 Å². The van der Waals surface area contributed by atoms with Crippen molar-refractivity contribution in [1.82, 2.24) is 0 Å². The molecule has 0 radical (unpaired) electrons. The Morgan fingerprint density at radius 1 is 1.28 bits per heavy atom. The van der Waals surface area contributed by atoms with E-state index in [0.29, 0.717) is 15.8 Å². The lowest BCUT2D eigenvalue weighted by Crippen LogP contribution is -2.14. The van der Waals surface area contributed by atoms with Gasteiger partial charge >= 0.3 is 0 Å². The number of benzene rings is 2. The SMILES string of the molecule is N#CCOc1ccc(/C=C(\C#N)C(=O)Nc2ccccc2F)cc1Br. The summed E-state index contributed by atoms with van der Waals surface area (Å²) < 4.78 is 19.4. The Hall–Kier alpha value is -3.16. The van der Waals surface area contributed by atoms with Gasteiger partial charge in [0.25, 0.3) is 5.91 Å². The zero-order chi connectivity index (χ0) is 18.2. The fourth-order valence-electron chi connectivity index (χ4n) is 1.90. The van der Waals surface area contributed by atoms with Crippen molar-refractivity contribution < 1.29 is 13.9 Å². The molecule has 0 aromatic heterocycles. The smallest absolute Gasteiger partial charge is 0.266 e. The molecule has 25 heavy (non-hydrogen) atoms. The first-order valence-electron chi connectivity index (χ1n) is 7.02. The molecule has 5 nitrogen and oxygen atoms in total. The van der Waals surface area contributed by atoms with Gasteiger partial charge in [0.15, 0.2) is 6.61 Å². The van der Waals surface area contributed by atoms with Gasteiger partial charge in [0.05, 0.1) is 10.2 Å². The highest BCUT2D eigenvalue weighted by atomic mass is 79.9. The zero-order valence-electron chi connectivity index (χ0n) is 12.8. The number of hydrogen-bond acceptors (Lipinski definition) is 4. The number of halogens is 2. The molecule has 2 aromatic carbocycles. The van der Waals surface area contributed by atoms with E-state index in [9.17, 15) is 14.4 Å². The Morgan fingerprint density at radius 3 is 2.68 bits per heavy atom. The van der Waals surface area contributed by atoms with Gasteiger partial charge < -0.3 is 10.1 Å². The monoisotopic (exact) mass is 399 g/mol. The molecule has 0 aliphatic heterocycles. The summed E-state index contributed by atoms with van der Waals surface area (Å²) in [5, 5.41) is 20.1. The first kappa shape index (κ1) is 18.2. The maximum atomic E-state index is 13.6. The molecule has 0 atom stereocenters. The number of amides is 1. The van der Waals surface area contributed by atoms with Crippen molar-refractivity contribution in [2.45, 2.75) is 0 Å². The maximum absolute atomic E-state index is 13.6. The Kier molecular flexibility index (Phi) is 6.27. The lowest BCUT2D eigenvalue weighted by atomic mass is 10.1. The predicted molar refractivity (Wildman–Crippen MR) is 93.9 cm³/mol. The highest BCUT2D eigenvalue weighted by Crippen LogP contribution is 2.27. The van der Waals surface area contributed by atoms with Gasteiger partial charge in [-0.25, -0.2) is 4.39 Å². The molecule has 2 rings (SSSR count). The zero-order valence-corrected chi connectivity index (χ0v) is 14.4. The molecule has 1 amide bonds. The Balaban J connectivity index is 2.21. The van der Waals surface area contributed by atoms with E-state index in [-0.39, 0.29) is 17.9 Å². The summed E-state index contributed by atoms with van der Waals surface area (Å²) in [7, 11) is 0. The van der Waals surface area contributed by atoms with Crippen LogP contribution < -0.4 is 10.1 Å². The van der Waals surface area contributed by atoms with Crippen molar-refractivity contribution in [3.63, 3.8) is 0 Å². The molecular formula is C18H11BrFN3O2. The van der Waals surface area contributed by atoms with E-state index in [1.165, 1.54) is 24.3 Å². The van der Waals surface area contributed by atoms with Gasteiger partial charge in [0.1, 0.15) is 29.3 Å². The highest BCUT2D eigenvalue weighted by molar-refractivity contribution is 9.10. The number of nitrogens with zero attached hydrogens (tertiary/aromatic N) is 2. The molecule has 0 fully saturated rings. The molecule has 124 valence electrons. The molecule has 0 aliphatic carbocycles. The number of nitrogens with one attached hydrogen (secondary N) is 1. The number of para-hydroxylation sites is 1. The van der Waals surface area contributed by atoms with Gasteiger partial charge in [-0.2, -0.15) is 10.5 Å². The first-order valence-corrected chi connectivity index (χ1v) is 7.81. The average molecular weight is 400 g/mol. The van der Waals surface area contributed by atoms with Crippen LogP contribution in [0, 0.1) is 28.5 Å². The number of carbonyl (C=O) groups is 1. The second-order valence-electron chi connectivity index (χ2n) is 4.74. The molecule has 0 saturated heterocycles. The van der Waals surface area contributed by atoms with Crippen LogP contribution in [0.3, 0.4) is 0 Å². The number of nitriles is 2. The normalized spacial score (nSPS) is 10.5. The van der Waals surface area contributed by atoms with Gasteiger partial charge in [0, 0.05) is 0 Å². The highest BCUT2D eigenvalue weighted by Gasteiger charge is 2.12.